The molecular weight excluding hydrogens is 322 g/mol. The van der Waals surface area contributed by atoms with Gasteiger partial charge in [-0.1, -0.05) is 51.5 Å². The minimum atomic E-state index is -0.307. The van der Waals surface area contributed by atoms with Crippen molar-refractivity contribution in [2.24, 2.45) is 23.7 Å². The maximum absolute atomic E-state index is 10.9. The lowest BCUT2D eigenvalue weighted by molar-refractivity contribution is -0.137. The van der Waals surface area contributed by atoms with Gasteiger partial charge in [-0.3, -0.25) is 0 Å². The fourth-order valence-corrected chi connectivity index (χ4v) is 4.97. The largest absolute Gasteiger partial charge is 0.463 e. The molecule has 0 aromatic heterocycles. The molecule has 2 saturated carbocycles. The molecular formula is C23H37NO2. The van der Waals surface area contributed by atoms with Crippen molar-refractivity contribution >= 4 is 5.97 Å². The van der Waals surface area contributed by atoms with Crippen LogP contribution in [0, 0.1) is 35.0 Å². The summed E-state index contributed by atoms with van der Waals surface area (Å²) in [6.45, 7) is 3.93. The number of esters is 1. The zero-order chi connectivity index (χ0) is 18.6. The molecule has 2 aliphatic rings. The van der Waals surface area contributed by atoms with Crippen LogP contribution in [-0.4, -0.2) is 12.6 Å². The van der Waals surface area contributed by atoms with Crippen molar-refractivity contribution in [3.8, 4) is 6.07 Å². The number of hydrogen-bond donors (Lipinski definition) is 0. The van der Waals surface area contributed by atoms with E-state index in [0.29, 0.717) is 12.5 Å². The van der Waals surface area contributed by atoms with Gasteiger partial charge in [0.25, 0.3) is 0 Å². The topological polar surface area (TPSA) is 50.1 Å². The van der Waals surface area contributed by atoms with Gasteiger partial charge in [0.15, 0.2) is 0 Å². The molecule has 3 heteroatoms. The molecule has 0 spiro atoms. The van der Waals surface area contributed by atoms with Crippen LogP contribution in [0.1, 0.15) is 89.9 Å². The SMILES string of the molecule is C=CC(=O)OCCCCCCCC1CCC(C2CCC(C#N)CC2)CC1. The van der Waals surface area contributed by atoms with Crippen LogP contribution in [0.4, 0.5) is 0 Å². The molecule has 0 unspecified atom stereocenters. The molecule has 0 radical (unpaired) electrons. The van der Waals surface area contributed by atoms with Crippen LogP contribution in [0.5, 0.6) is 0 Å². The van der Waals surface area contributed by atoms with Crippen molar-refractivity contribution in [2.75, 3.05) is 6.61 Å². The highest BCUT2D eigenvalue weighted by atomic mass is 16.5. The van der Waals surface area contributed by atoms with Crippen LogP contribution >= 0.6 is 0 Å². The lowest BCUT2D eigenvalue weighted by Gasteiger charge is -2.36. The highest BCUT2D eigenvalue weighted by Crippen LogP contribution is 2.42. The number of ether oxygens (including phenoxy) is 1. The minimum Gasteiger partial charge on any atom is -0.463 e. The lowest BCUT2D eigenvalue weighted by Crippen LogP contribution is -2.25. The Labute approximate surface area is 160 Å². The van der Waals surface area contributed by atoms with E-state index < -0.39 is 0 Å². The van der Waals surface area contributed by atoms with E-state index in [4.69, 9.17) is 10.00 Å². The average Bonchev–Trinajstić information content (AvgIpc) is 2.70. The Kier molecular flexibility index (Phi) is 9.82. The quantitative estimate of drug-likeness (QED) is 0.265. The number of hydrogen-bond acceptors (Lipinski definition) is 3. The van der Waals surface area contributed by atoms with Gasteiger partial charge in [-0.05, 0) is 62.7 Å². The Morgan fingerprint density at radius 1 is 0.923 bits per heavy atom. The van der Waals surface area contributed by atoms with E-state index in [1.54, 1.807) is 0 Å². The Hall–Kier alpha value is -1.30. The van der Waals surface area contributed by atoms with Crippen molar-refractivity contribution in [1.29, 1.82) is 5.26 Å². The van der Waals surface area contributed by atoms with E-state index in [0.717, 1.165) is 43.4 Å². The molecule has 0 saturated heterocycles. The van der Waals surface area contributed by atoms with Crippen molar-refractivity contribution in [3.05, 3.63) is 12.7 Å². The van der Waals surface area contributed by atoms with Crippen molar-refractivity contribution in [2.45, 2.75) is 89.9 Å². The molecule has 0 aromatic carbocycles. The van der Waals surface area contributed by atoms with E-state index in [-0.39, 0.29) is 5.97 Å². The lowest BCUT2D eigenvalue weighted by atomic mass is 9.69. The smallest absolute Gasteiger partial charge is 0.330 e. The van der Waals surface area contributed by atoms with Gasteiger partial charge in [0, 0.05) is 12.0 Å². The Morgan fingerprint density at radius 2 is 1.50 bits per heavy atom. The predicted molar refractivity (Wildman–Crippen MR) is 105 cm³/mol. The predicted octanol–water partition coefficient (Wildman–Crippen LogP) is 6.19. The summed E-state index contributed by atoms with van der Waals surface area (Å²) in [6.07, 6.45) is 19.3. The molecule has 0 amide bonds. The zero-order valence-corrected chi connectivity index (χ0v) is 16.5. The molecule has 26 heavy (non-hydrogen) atoms. The molecule has 0 atom stereocenters. The van der Waals surface area contributed by atoms with Crippen LogP contribution in [0.3, 0.4) is 0 Å². The maximum Gasteiger partial charge on any atom is 0.330 e. The standard InChI is InChI=1S/C23H37NO2/c1-2-23(25)26-17-7-5-3-4-6-8-19-9-13-21(14-10-19)22-15-11-20(18-24)12-16-22/h2,19-22H,1,3-17H2. The van der Waals surface area contributed by atoms with Crippen LogP contribution in [0.15, 0.2) is 12.7 Å². The van der Waals surface area contributed by atoms with Gasteiger partial charge in [-0.2, -0.15) is 5.26 Å². The molecule has 0 aliphatic heterocycles. The second-order valence-corrected chi connectivity index (χ2v) is 8.45. The highest BCUT2D eigenvalue weighted by Gasteiger charge is 2.30. The summed E-state index contributed by atoms with van der Waals surface area (Å²) in [5, 5.41) is 9.04. The second kappa shape index (κ2) is 12.2. The van der Waals surface area contributed by atoms with E-state index >= 15 is 0 Å². The van der Waals surface area contributed by atoms with Gasteiger partial charge in [0.2, 0.25) is 0 Å². The molecule has 0 N–H and O–H groups in total. The van der Waals surface area contributed by atoms with Crippen LogP contribution in [-0.2, 0) is 9.53 Å². The highest BCUT2D eigenvalue weighted by molar-refractivity contribution is 5.81. The third kappa shape index (κ3) is 7.52. The summed E-state index contributed by atoms with van der Waals surface area (Å²) < 4.78 is 4.99. The second-order valence-electron chi connectivity index (χ2n) is 8.45. The summed E-state index contributed by atoms with van der Waals surface area (Å²) in [6, 6.07) is 2.46. The molecule has 3 nitrogen and oxygen atoms in total. The number of nitriles is 1. The number of carbonyl (C=O) groups excluding carboxylic acids is 1. The number of nitrogens with zero attached hydrogens (tertiary/aromatic N) is 1. The average molecular weight is 360 g/mol. The zero-order valence-electron chi connectivity index (χ0n) is 16.5. The van der Waals surface area contributed by atoms with Crippen molar-refractivity contribution in [3.63, 3.8) is 0 Å². The van der Waals surface area contributed by atoms with Gasteiger partial charge in [-0.25, -0.2) is 4.79 Å². The first-order valence-corrected chi connectivity index (χ1v) is 10.9. The molecule has 2 aliphatic carbocycles. The van der Waals surface area contributed by atoms with Crippen molar-refractivity contribution < 1.29 is 9.53 Å². The first-order chi connectivity index (χ1) is 12.7. The minimum absolute atomic E-state index is 0.307. The van der Waals surface area contributed by atoms with Gasteiger partial charge in [0.05, 0.1) is 12.7 Å². The maximum atomic E-state index is 10.9. The molecule has 146 valence electrons. The molecule has 0 heterocycles. The summed E-state index contributed by atoms with van der Waals surface area (Å²) in [7, 11) is 0. The summed E-state index contributed by atoms with van der Waals surface area (Å²) in [5.41, 5.74) is 0. The summed E-state index contributed by atoms with van der Waals surface area (Å²) in [4.78, 5) is 10.9. The van der Waals surface area contributed by atoms with E-state index in [1.807, 2.05) is 0 Å². The third-order valence-corrected chi connectivity index (χ3v) is 6.68. The van der Waals surface area contributed by atoms with Gasteiger partial charge < -0.3 is 4.74 Å². The fraction of sp³-hybridized carbons (Fsp3) is 0.826. The Balaban J connectivity index is 1.45. The van der Waals surface area contributed by atoms with E-state index in [1.165, 1.54) is 70.3 Å². The normalized spacial score (nSPS) is 28.9. The summed E-state index contributed by atoms with van der Waals surface area (Å²) >= 11 is 0. The van der Waals surface area contributed by atoms with E-state index in [9.17, 15) is 4.79 Å². The van der Waals surface area contributed by atoms with Crippen molar-refractivity contribution in [1.82, 2.24) is 0 Å². The van der Waals surface area contributed by atoms with E-state index in [2.05, 4.69) is 12.6 Å². The molecule has 0 bridgehead atoms. The number of unbranched alkanes of at least 4 members (excludes halogenated alkanes) is 4. The molecule has 2 rings (SSSR count). The number of rotatable bonds is 10. The first kappa shape index (κ1) is 21.0. The Bertz CT molecular complexity index is 451. The van der Waals surface area contributed by atoms with Crippen LogP contribution in [0.2, 0.25) is 0 Å². The first-order valence-electron chi connectivity index (χ1n) is 10.9. The monoisotopic (exact) mass is 359 g/mol. The van der Waals surface area contributed by atoms with Crippen LogP contribution < -0.4 is 0 Å². The third-order valence-electron chi connectivity index (χ3n) is 6.68. The fourth-order valence-electron chi connectivity index (χ4n) is 4.97. The molecule has 0 aromatic rings. The number of carbonyl (C=O) groups is 1. The summed E-state index contributed by atoms with van der Waals surface area (Å²) in [5.74, 6) is 2.85. The van der Waals surface area contributed by atoms with Crippen LogP contribution in [0.25, 0.3) is 0 Å². The van der Waals surface area contributed by atoms with Gasteiger partial charge >= 0.3 is 5.97 Å². The van der Waals surface area contributed by atoms with Gasteiger partial charge in [0.1, 0.15) is 0 Å². The Morgan fingerprint density at radius 3 is 2.12 bits per heavy atom. The molecule has 2 fully saturated rings. The van der Waals surface area contributed by atoms with Gasteiger partial charge in [-0.15, -0.1) is 0 Å².